The Morgan fingerprint density at radius 2 is 1.82 bits per heavy atom. The molecule has 3 aliphatic carbocycles. The van der Waals surface area contributed by atoms with Crippen LogP contribution in [0.4, 0.5) is 5.69 Å². The lowest BCUT2D eigenvalue weighted by Gasteiger charge is -2.29. The predicted octanol–water partition coefficient (Wildman–Crippen LogP) is 6.18. The van der Waals surface area contributed by atoms with Crippen LogP contribution in [0.5, 0.6) is 0 Å². The number of benzene rings is 2. The molecule has 3 saturated carbocycles. The van der Waals surface area contributed by atoms with Crippen molar-refractivity contribution < 1.29 is 19.5 Å². The zero-order valence-electron chi connectivity index (χ0n) is 24.8. The number of aliphatic carboxylic acids is 1. The third kappa shape index (κ3) is 5.10. The Labute approximate surface area is 256 Å². The first-order valence-electron chi connectivity index (χ1n) is 15.6. The average Bonchev–Trinajstić information content (AvgIpc) is 3.85. The third-order valence-corrected chi connectivity index (χ3v) is 9.99. The van der Waals surface area contributed by atoms with Gasteiger partial charge in [-0.2, -0.15) is 0 Å². The lowest BCUT2D eigenvalue weighted by molar-refractivity contribution is -0.131. The maximum absolute atomic E-state index is 13.7. The Hall–Kier alpha value is -4.66. The second kappa shape index (κ2) is 11.1. The molecule has 0 spiro atoms. The standard InChI is InChI=1S/C35H37N5O4/c1-39-18-4-5-29(39)32-37-27-21-25(11-14-28(27)40(32)30-20-23-6-10-24(30)19-23)33(43)38-35(16-2-3-17-35)34(44)36-26-12-7-22(8-13-26)9-15-31(41)42/h4-5,7-9,11-15,18,21,23-24,30H,2-3,6,10,16-17,19-20H2,1H3,(H,36,44)(H,38,43)(H,41,42)/b15-9+/t23-,24+,30?/m0/s1. The highest BCUT2D eigenvalue weighted by molar-refractivity contribution is 6.05. The van der Waals surface area contributed by atoms with E-state index in [1.54, 1.807) is 24.3 Å². The molecular formula is C35H37N5O4. The Kier molecular flexibility index (Phi) is 7.11. The number of carbonyl (C=O) groups excluding carboxylic acids is 2. The Balaban J connectivity index is 1.15. The number of imidazole rings is 1. The van der Waals surface area contributed by atoms with E-state index in [0.717, 1.165) is 47.4 Å². The second-order valence-corrected chi connectivity index (χ2v) is 12.7. The number of amides is 2. The van der Waals surface area contributed by atoms with Crippen molar-refractivity contribution in [1.82, 2.24) is 19.4 Å². The molecule has 2 amide bonds. The number of carboxylic acid groups (broad SMARTS) is 1. The van der Waals surface area contributed by atoms with Gasteiger partial charge in [-0.15, -0.1) is 0 Å². The van der Waals surface area contributed by atoms with Gasteiger partial charge in [-0.3, -0.25) is 9.59 Å². The summed E-state index contributed by atoms with van der Waals surface area (Å²) in [5.41, 5.74) is 3.67. The smallest absolute Gasteiger partial charge is 0.328 e. The van der Waals surface area contributed by atoms with E-state index >= 15 is 0 Å². The summed E-state index contributed by atoms with van der Waals surface area (Å²) in [5.74, 6) is 0.842. The molecule has 44 heavy (non-hydrogen) atoms. The predicted molar refractivity (Wildman–Crippen MR) is 169 cm³/mol. The van der Waals surface area contributed by atoms with E-state index in [-0.39, 0.29) is 11.8 Å². The van der Waals surface area contributed by atoms with Gasteiger partial charge in [0.25, 0.3) is 5.91 Å². The minimum atomic E-state index is -1.02. The van der Waals surface area contributed by atoms with Crippen LogP contribution in [-0.4, -0.2) is 42.5 Å². The summed E-state index contributed by atoms with van der Waals surface area (Å²) in [6.07, 6.45) is 12.5. The Morgan fingerprint density at radius 1 is 1.02 bits per heavy atom. The molecule has 226 valence electrons. The highest BCUT2D eigenvalue weighted by atomic mass is 16.4. The number of aryl methyl sites for hydroxylation is 1. The van der Waals surface area contributed by atoms with Crippen LogP contribution in [-0.2, 0) is 16.6 Å². The number of nitrogens with one attached hydrogen (secondary N) is 2. The molecule has 2 aromatic carbocycles. The number of anilines is 1. The number of nitrogens with zero attached hydrogens (tertiary/aromatic N) is 3. The van der Waals surface area contributed by atoms with Crippen LogP contribution in [0.25, 0.3) is 28.6 Å². The molecule has 0 saturated heterocycles. The maximum Gasteiger partial charge on any atom is 0.328 e. The largest absolute Gasteiger partial charge is 0.478 e. The molecule has 1 unspecified atom stereocenters. The SMILES string of the molecule is Cn1cccc1-c1nc2cc(C(=O)NC3(C(=O)Nc4ccc(/C=C/C(=O)O)cc4)CCCC3)ccc2n1C1C[C@H]2CC[C@@H]1C2. The third-order valence-electron chi connectivity index (χ3n) is 9.99. The normalized spacial score (nSPS) is 22.2. The van der Waals surface area contributed by atoms with Crippen molar-refractivity contribution in [3.63, 3.8) is 0 Å². The first-order chi connectivity index (χ1) is 21.3. The first kappa shape index (κ1) is 28.1. The monoisotopic (exact) mass is 591 g/mol. The van der Waals surface area contributed by atoms with Crippen LogP contribution in [0.3, 0.4) is 0 Å². The molecule has 2 heterocycles. The topological polar surface area (TPSA) is 118 Å². The van der Waals surface area contributed by atoms with Crippen molar-refractivity contribution in [2.75, 3.05) is 5.32 Å². The first-order valence-corrected chi connectivity index (χ1v) is 15.6. The highest BCUT2D eigenvalue weighted by Gasteiger charge is 2.44. The van der Waals surface area contributed by atoms with Gasteiger partial charge in [0.05, 0.1) is 16.7 Å². The molecule has 3 aliphatic rings. The number of fused-ring (bicyclic) bond motifs is 3. The van der Waals surface area contributed by atoms with E-state index in [0.29, 0.717) is 41.6 Å². The fourth-order valence-corrected chi connectivity index (χ4v) is 7.75. The fourth-order valence-electron chi connectivity index (χ4n) is 7.75. The maximum atomic E-state index is 13.7. The highest BCUT2D eigenvalue weighted by Crippen LogP contribution is 2.52. The van der Waals surface area contributed by atoms with Crippen molar-refractivity contribution in [2.45, 2.75) is 62.9 Å². The molecule has 9 nitrogen and oxygen atoms in total. The van der Waals surface area contributed by atoms with E-state index in [9.17, 15) is 14.4 Å². The van der Waals surface area contributed by atoms with Gasteiger partial charge in [-0.25, -0.2) is 9.78 Å². The number of hydrogen-bond acceptors (Lipinski definition) is 4. The molecule has 3 atom stereocenters. The number of hydrogen-bond donors (Lipinski definition) is 3. The van der Waals surface area contributed by atoms with Crippen molar-refractivity contribution >= 4 is 40.6 Å². The lowest BCUT2D eigenvalue weighted by Crippen LogP contribution is -2.55. The Morgan fingerprint density at radius 3 is 2.48 bits per heavy atom. The molecule has 2 bridgehead atoms. The van der Waals surface area contributed by atoms with Crippen LogP contribution in [0.2, 0.25) is 0 Å². The van der Waals surface area contributed by atoms with Gasteiger partial charge in [0.1, 0.15) is 5.54 Å². The summed E-state index contributed by atoms with van der Waals surface area (Å²) in [5, 5.41) is 14.9. The summed E-state index contributed by atoms with van der Waals surface area (Å²) in [6.45, 7) is 0. The van der Waals surface area contributed by atoms with E-state index in [1.807, 2.05) is 37.5 Å². The second-order valence-electron chi connectivity index (χ2n) is 12.7. The molecule has 3 N–H and O–H groups in total. The van der Waals surface area contributed by atoms with E-state index in [1.165, 1.54) is 31.8 Å². The summed E-state index contributed by atoms with van der Waals surface area (Å²) in [4.78, 5) is 43.2. The molecule has 0 radical (unpaired) electrons. The molecule has 9 heteroatoms. The van der Waals surface area contributed by atoms with Gasteiger partial charge < -0.3 is 24.9 Å². The summed E-state index contributed by atoms with van der Waals surface area (Å²) >= 11 is 0. The number of carbonyl (C=O) groups is 3. The molecule has 4 aromatic rings. The van der Waals surface area contributed by atoms with Gasteiger partial charge in [-0.1, -0.05) is 31.4 Å². The molecule has 3 fully saturated rings. The van der Waals surface area contributed by atoms with E-state index < -0.39 is 11.5 Å². The van der Waals surface area contributed by atoms with Gasteiger partial charge in [-0.05, 0) is 98.0 Å². The minimum Gasteiger partial charge on any atom is -0.478 e. The zero-order valence-corrected chi connectivity index (χ0v) is 24.8. The fraction of sp³-hybridized carbons (Fsp3) is 0.371. The van der Waals surface area contributed by atoms with Crippen LogP contribution in [0.1, 0.15) is 73.3 Å². The van der Waals surface area contributed by atoms with Crippen LogP contribution in [0, 0.1) is 11.8 Å². The zero-order chi connectivity index (χ0) is 30.4. The van der Waals surface area contributed by atoms with E-state index in [2.05, 4.69) is 25.8 Å². The minimum absolute atomic E-state index is 0.246. The van der Waals surface area contributed by atoms with Gasteiger partial charge in [0.2, 0.25) is 5.91 Å². The van der Waals surface area contributed by atoms with Crippen LogP contribution < -0.4 is 10.6 Å². The summed E-state index contributed by atoms with van der Waals surface area (Å²) < 4.78 is 4.52. The van der Waals surface area contributed by atoms with Crippen molar-refractivity contribution in [3.8, 4) is 11.5 Å². The van der Waals surface area contributed by atoms with Gasteiger partial charge in [0, 0.05) is 36.6 Å². The van der Waals surface area contributed by atoms with E-state index in [4.69, 9.17) is 10.1 Å². The molecule has 0 aliphatic heterocycles. The number of aromatic nitrogens is 3. The number of carboxylic acids is 1. The summed E-state index contributed by atoms with van der Waals surface area (Å²) in [7, 11) is 2.04. The molecular weight excluding hydrogens is 554 g/mol. The average molecular weight is 592 g/mol. The lowest BCUT2D eigenvalue weighted by atomic mass is 9.94. The van der Waals surface area contributed by atoms with Gasteiger partial charge in [0.15, 0.2) is 5.82 Å². The Bertz CT molecular complexity index is 1780. The number of rotatable bonds is 8. The van der Waals surface area contributed by atoms with Crippen LogP contribution >= 0.6 is 0 Å². The molecule has 7 rings (SSSR count). The molecule has 2 aromatic heterocycles. The quantitative estimate of drug-likeness (QED) is 0.212. The van der Waals surface area contributed by atoms with Crippen molar-refractivity contribution in [1.29, 1.82) is 0 Å². The van der Waals surface area contributed by atoms with Gasteiger partial charge >= 0.3 is 5.97 Å². The summed E-state index contributed by atoms with van der Waals surface area (Å²) in [6, 6.07) is 17.2. The van der Waals surface area contributed by atoms with Crippen LogP contribution in [0.15, 0.2) is 66.9 Å². The van der Waals surface area contributed by atoms with Crippen molar-refractivity contribution in [2.24, 2.45) is 18.9 Å². The van der Waals surface area contributed by atoms with Crippen molar-refractivity contribution in [3.05, 3.63) is 78.0 Å².